The minimum Gasteiger partial charge on any atom is -0.297 e. The number of halogens is 2. The van der Waals surface area contributed by atoms with Crippen molar-refractivity contribution in [3.63, 3.8) is 0 Å². The standard InChI is InChI=1S/C36H37F2N3O2/c1-39-23-31(26-13-17-29(38)18-14-26)35(19-7-8-27(33(35)42)22-25-11-15-28(37)16-12-25)36(39)30-9-3-4-10-32(30)41(34(36)43)24-40-20-5-2-6-21-40/h3-4,9-18,22,31H,2,5-8,19-21,23-24H2,1H3/b27-22+/t31-,35+,36+/m0/s1. The lowest BCUT2D eigenvalue weighted by molar-refractivity contribution is -0.146. The fourth-order valence-electron chi connectivity index (χ4n) is 8.57. The van der Waals surface area contributed by atoms with Crippen molar-refractivity contribution in [1.82, 2.24) is 9.80 Å². The van der Waals surface area contributed by atoms with Gasteiger partial charge in [-0.2, -0.15) is 0 Å². The SMILES string of the molecule is CN1C[C@@H](c2ccc(F)cc2)[C@@]2(CCC/C(=C\c3ccc(F)cc3)C2=O)[C@@]12C(=O)N(CN1CCCCC1)c1ccccc12. The summed E-state index contributed by atoms with van der Waals surface area (Å²) in [6, 6.07) is 20.6. The molecule has 3 aromatic carbocycles. The lowest BCUT2D eigenvalue weighted by Gasteiger charge is -2.49. The van der Waals surface area contributed by atoms with Crippen molar-refractivity contribution in [3.05, 3.63) is 107 Å². The number of hydrogen-bond acceptors (Lipinski definition) is 4. The van der Waals surface area contributed by atoms with Gasteiger partial charge < -0.3 is 0 Å². The number of carbonyl (C=O) groups excluding carboxylic acids is 2. The average molecular weight is 582 g/mol. The average Bonchev–Trinajstić information content (AvgIpc) is 3.43. The molecule has 3 fully saturated rings. The van der Waals surface area contributed by atoms with Crippen LogP contribution in [-0.4, -0.2) is 54.8 Å². The first kappa shape index (κ1) is 28.1. The molecular weight excluding hydrogens is 544 g/mol. The lowest BCUT2D eigenvalue weighted by atomic mass is 9.53. The summed E-state index contributed by atoms with van der Waals surface area (Å²) in [5.74, 6) is -1.08. The third-order valence-electron chi connectivity index (χ3n) is 10.4. The molecule has 7 rings (SSSR count). The summed E-state index contributed by atoms with van der Waals surface area (Å²) >= 11 is 0. The molecule has 0 unspecified atom stereocenters. The maximum absolute atomic E-state index is 15.2. The van der Waals surface area contributed by atoms with Gasteiger partial charge in [0, 0.05) is 18.0 Å². The Hall–Kier alpha value is -3.68. The van der Waals surface area contributed by atoms with E-state index in [-0.39, 0.29) is 29.2 Å². The number of Topliss-reactive ketones (excluding diaryl/α,β-unsaturated/α-hetero) is 1. The van der Waals surface area contributed by atoms with Gasteiger partial charge in [0.05, 0.1) is 17.8 Å². The van der Waals surface area contributed by atoms with Crippen molar-refractivity contribution in [3.8, 4) is 0 Å². The van der Waals surface area contributed by atoms with Gasteiger partial charge in [0.2, 0.25) is 0 Å². The third kappa shape index (κ3) is 4.23. The molecule has 0 bridgehead atoms. The van der Waals surface area contributed by atoms with Crippen LogP contribution in [-0.2, 0) is 15.1 Å². The van der Waals surface area contributed by atoms with E-state index in [4.69, 9.17) is 0 Å². The van der Waals surface area contributed by atoms with Crippen LogP contribution in [0.1, 0.15) is 61.1 Å². The molecule has 3 aliphatic heterocycles. The second-order valence-corrected chi connectivity index (χ2v) is 12.6. The smallest absolute Gasteiger partial charge is 0.254 e. The van der Waals surface area contributed by atoms with Crippen molar-refractivity contribution >= 4 is 23.5 Å². The van der Waals surface area contributed by atoms with Gasteiger partial charge in [0.15, 0.2) is 5.78 Å². The van der Waals surface area contributed by atoms with Crippen LogP contribution in [0.15, 0.2) is 78.4 Å². The number of hydrogen-bond donors (Lipinski definition) is 0. The number of likely N-dealkylation sites (tertiary alicyclic amines) is 2. The van der Waals surface area contributed by atoms with Gasteiger partial charge in [0.1, 0.15) is 17.2 Å². The second-order valence-electron chi connectivity index (χ2n) is 12.6. The Morgan fingerprint density at radius 3 is 2.26 bits per heavy atom. The Morgan fingerprint density at radius 2 is 1.53 bits per heavy atom. The molecule has 43 heavy (non-hydrogen) atoms. The molecule has 2 saturated heterocycles. The Morgan fingerprint density at radius 1 is 0.860 bits per heavy atom. The first-order chi connectivity index (χ1) is 20.9. The number of piperidine rings is 1. The number of amides is 1. The highest BCUT2D eigenvalue weighted by Crippen LogP contribution is 2.67. The molecule has 3 heterocycles. The molecule has 2 spiro atoms. The minimum atomic E-state index is -1.21. The third-order valence-corrected chi connectivity index (χ3v) is 10.4. The minimum absolute atomic E-state index is 0.0373. The largest absolute Gasteiger partial charge is 0.297 e. The highest BCUT2D eigenvalue weighted by molar-refractivity contribution is 6.16. The van der Waals surface area contributed by atoms with Crippen LogP contribution < -0.4 is 4.90 Å². The van der Waals surface area contributed by atoms with Crippen LogP contribution in [0.4, 0.5) is 14.5 Å². The first-order valence-corrected chi connectivity index (χ1v) is 15.5. The van der Waals surface area contributed by atoms with E-state index < -0.39 is 11.0 Å². The quantitative estimate of drug-likeness (QED) is 0.330. The molecule has 222 valence electrons. The first-order valence-electron chi connectivity index (χ1n) is 15.5. The highest BCUT2D eigenvalue weighted by atomic mass is 19.1. The Bertz CT molecular complexity index is 1580. The zero-order chi connectivity index (χ0) is 29.8. The number of para-hydroxylation sites is 1. The van der Waals surface area contributed by atoms with E-state index in [1.54, 1.807) is 24.3 Å². The van der Waals surface area contributed by atoms with Crippen LogP contribution in [0.3, 0.4) is 0 Å². The number of ketones is 1. The predicted molar refractivity (Wildman–Crippen MR) is 163 cm³/mol. The number of benzene rings is 3. The summed E-state index contributed by atoms with van der Waals surface area (Å²) in [7, 11) is 1.97. The molecule has 0 radical (unpaired) electrons. The number of fused-ring (bicyclic) bond motifs is 3. The number of carbonyl (C=O) groups is 2. The second kappa shape index (κ2) is 10.8. The molecule has 0 N–H and O–H groups in total. The number of rotatable bonds is 4. The van der Waals surface area contributed by atoms with Gasteiger partial charge in [-0.1, -0.05) is 48.9 Å². The number of allylic oxidation sites excluding steroid dienone is 1. The summed E-state index contributed by atoms with van der Waals surface area (Å²) in [5.41, 5.74) is 1.70. The zero-order valence-corrected chi connectivity index (χ0v) is 24.6. The van der Waals surface area contributed by atoms with E-state index in [2.05, 4.69) is 9.80 Å². The molecule has 1 saturated carbocycles. The monoisotopic (exact) mass is 581 g/mol. The fraction of sp³-hybridized carbons (Fsp3) is 0.389. The Labute approximate surface area is 251 Å². The van der Waals surface area contributed by atoms with Crippen molar-refractivity contribution < 1.29 is 18.4 Å². The molecule has 1 aliphatic carbocycles. The van der Waals surface area contributed by atoms with E-state index in [0.717, 1.165) is 54.7 Å². The van der Waals surface area contributed by atoms with E-state index in [0.29, 0.717) is 31.6 Å². The summed E-state index contributed by atoms with van der Waals surface area (Å²) in [6.07, 6.45) is 7.15. The van der Waals surface area contributed by atoms with E-state index in [9.17, 15) is 8.78 Å². The molecule has 4 aliphatic rings. The molecule has 0 aromatic heterocycles. The van der Waals surface area contributed by atoms with Gasteiger partial charge in [-0.3, -0.25) is 24.3 Å². The Balaban J connectivity index is 1.42. The molecular formula is C36H37F2N3O2. The van der Waals surface area contributed by atoms with Crippen LogP contribution in [0.2, 0.25) is 0 Å². The van der Waals surface area contributed by atoms with Gasteiger partial charge in [-0.05, 0) is 105 Å². The molecule has 5 nitrogen and oxygen atoms in total. The van der Waals surface area contributed by atoms with Crippen LogP contribution in [0, 0.1) is 17.0 Å². The van der Waals surface area contributed by atoms with Crippen molar-refractivity contribution in [2.45, 2.75) is 50.0 Å². The molecule has 3 aromatic rings. The van der Waals surface area contributed by atoms with Gasteiger partial charge in [-0.25, -0.2) is 8.78 Å². The van der Waals surface area contributed by atoms with Crippen molar-refractivity contribution in [2.24, 2.45) is 5.41 Å². The molecule has 1 amide bonds. The topological polar surface area (TPSA) is 43.9 Å². The Kier molecular flexibility index (Phi) is 7.06. The van der Waals surface area contributed by atoms with Crippen LogP contribution in [0.25, 0.3) is 6.08 Å². The van der Waals surface area contributed by atoms with Gasteiger partial charge in [0.25, 0.3) is 5.91 Å². The normalized spacial score (nSPS) is 28.9. The molecule has 3 atom stereocenters. The summed E-state index contributed by atoms with van der Waals surface area (Å²) < 4.78 is 27.9. The van der Waals surface area contributed by atoms with Crippen molar-refractivity contribution in [1.29, 1.82) is 0 Å². The number of likely N-dealkylation sites (N-methyl/N-ethyl adjacent to an activating group) is 1. The van der Waals surface area contributed by atoms with E-state index in [1.165, 1.54) is 30.7 Å². The summed E-state index contributed by atoms with van der Waals surface area (Å²) in [4.78, 5) is 36.8. The number of nitrogens with zero attached hydrogens (tertiary/aromatic N) is 3. The maximum Gasteiger partial charge on any atom is 0.254 e. The lowest BCUT2D eigenvalue weighted by Crippen LogP contribution is -2.62. The van der Waals surface area contributed by atoms with Crippen molar-refractivity contribution in [2.75, 3.05) is 38.3 Å². The van der Waals surface area contributed by atoms with E-state index >= 15 is 9.59 Å². The van der Waals surface area contributed by atoms with Crippen LogP contribution >= 0.6 is 0 Å². The van der Waals surface area contributed by atoms with Crippen LogP contribution in [0.5, 0.6) is 0 Å². The number of anilines is 1. The zero-order valence-electron chi connectivity index (χ0n) is 24.6. The molecule has 7 heteroatoms. The summed E-state index contributed by atoms with van der Waals surface area (Å²) in [5, 5.41) is 0. The predicted octanol–water partition coefficient (Wildman–Crippen LogP) is 6.50. The van der Waals surface area contributed by atoms with Gasteiger partial charge >= 0.3 is 0 Å². The summed E-state index contributed by atoms with van der Waals surface area (Å²) in [6.45, 7) is 2.87. The fourth-order valence-corrected chi connectivity index (χ4v) is 8.57. The van der Waals surface area contributed by atoms with Gasteiger partial charge in [-0.15, -0.1) is 0 Å². The maximum atomic E-state index is 15.2. The highest BCUT2D eigenvalue weighted by Gasteiger charge is 2.75. The van der Waals surface area contributed by atoms with E-state index in [1.807, 2.05) is 42.3 Å².